The van der Waals surface area contributed by atoms with Crippen molar-refractivity contribution >= 4 is 31.8 Å². The highest BCUT2D eigenvalue weighted by atomic mass is 31.2. The van der Waals surface area contributed by atoms with E-state index in [1.165, 1.54) is 12.1 Å². The highest BCUT2D eigenvalue weighted by Crippen LogP contribution is 2.49. The number of para-hydroxylation sites is 1. The Morgan fingerprint density at radius 3 is 2.15 bits per heavy atom. The van der Waals surface area contributed by atoms with Gasteiger partial charge in [-0.3, -0.25) is 19.2 Å². The fourth-order valence-corrected chi connectivity index (χ4v) is 6.85. The minimum Gasteiger partial charge on any atom is -0.464 e. The van der Waals surface area contributed by atoms with Crippen molar-refractivity contribution in [2.24, 2.45) is 0 Å². The van der Waals surface area contributed by atoms with E-state index < -0.39 is 68.7 Å². The largest absolute Gasteiger partial charge is 0.509 e. The van der Waals surface area contributed by atoms with E-state index in [9.17, 15) is 23.7 Å². The predicted octanol–water partition coefficient (Wildman–Crippen LogP) is 5.36. The van der Waals surface area contributed by atoms with Gasteiger partial charge in [0.1, 0.15) is 36.9 Å². The Morgan fingerprint density at radius 2 is 1.54 bits per heavy atom. The number of halogens is 2. The van der Waals surface area contributed by atoms with Gasteiger partial charge in [0.15, 0.2) is 0 Å². The van der Waals surface area contributed by atoms with Crippen molar-refractivity contribution in [2.75, 3.05) is 18.5 Å². The van der Waals surface area contributed by atoms with Gasteiger partial charge in [0.05, 0.1) is 13.2 Å². The van der Waals surface area contributed by atoms with E-state index in [-0.39, 0.29) is 37.8 Å². The van der Waals surface area contributed by atoms with Crippen LogP contribution in [-0.4, -0.2) is 65.2 Å². The molecule has 1 unspecified atom stereocenters. The third kappa shape index (κ3) is 9.64. The first kappa shape index (κ1) is 38.1. The van der Waals surface area contributed by atoms with Gasteiger partial charge in [-0.2, -0.15) is 18.9 Å². The number of nitrogens with zero attached hydrogens (tertiary/aromatic N) is 2. The van der Waals surface area contributed by atoms with Crippen molar-refractivity contribution in [2.45, 2.75) is 50.0 Å². The van der Waals surface area contributed by atoms with Crippen LogP contribution in [0.25, 0.3) is 0 Å². The van der Waals surface area contributed by atoms with Crippen LogP contribution >= 0.6 is 7.75 Å². The zero-order chi connectivity index (χ0) is 38.1. The summed E-state index contributed by atoms with van der Waals surface area (Å²) in [5.74, 6) is -5.18. The number of hydrogen-bond donors (Lipinski definition) is 2. The van der Waals surface area contributed by atoms with Gasteiger partial charge in [0.25, 0.3) is 0 Å². The molecule has 2 aliphatic heterocycles. The monoisotopic (exact) mass is 770 g/mol. The van der Waals surface area contributed by atoms with E-state index in [2.05, 4.69) is 15.4 Å². The third-order valence-electron chi connectivity index (χ3n) is 7.93. The molecule has 19 heteroatoms. The minimum absolute atomic E-state index is 0.0223. The van der Waals surface area contributed by atoms with Crippen LogP contribution in [0.1, 0.15) is 23.8 Å². The summed E-state index contributed by atoms with van der Waals surface area (Å²) in [4.78, 5) is 54.0. The molecule has 3 heterocycles. The van der Waals surface area contributed by atoms with Gasteiger partial charge in [-0.05, 0) is 29.3 Å². The average Bonchev–Trinajstić information content (AvgIpc) is 3.67. The van der Waals surface area contributed by atoms with Crippen molar-refractivity contribution in [1.82, 2.24) is 14.6 Å². The number of alkyl halides is 2. The van der Waals surface area contributed by atoms with Crippen molar-refractivity contribution in [3.05, 3.63) is 125 Å². The smallest absolute Gasteiger partial charge is 0.464 e. The molecule has 284 valence electrons. The Labute approximate surface area is 305 Å². The fraction of sp³-hybridized carbons (Fsp3) is 0.286. The van der Waals surface area contributed by atoms with Crippen LogP contribution < -0.4 is 20.6 Å². The zero-order valence-corrected chi connectivity index (χ0v) is 29.1. The SMILES string of the molecule is O=C(Nc1ccn([C@@H]2O[C@H](COP(=O)(N[C@H]3CCOC3=O)Oc3ccccc3)[C@@H](OC(=O)OCc3ccccc3)C2(F)F)c(=O)n1)OCc1ccccc1. The number of carbonyl (C=O) groups excluding carboxylic acids is 3. The van der Waals surface area contributed by atoms with Gasteiger partial charge >= 0.3 is 37.6 Å². The minimum atomic E-state index is -4.56. The summed E-state index contributed by atoms with van der Waals surface area (Å²) >= 11 is 0. The molecule has 2 fully saturated rings. The molecule has 2 aliphatic rings. The molecule has 2 saturated heterocycles. The van der Waals surface area contributed by atoms with E-state index in [1.807, 2.05) is 0 Å². The Balaban J connectivity index is 1.21. The highest BCUT2D eigenvalue weighted by molar-refractivity contribution is 7.52. The maximum atomic E-state index is 16.3. The number of benzene rings is 3. The number of ether oxygens (including phenoxy) is 5. The molecule has 4 aromatic rings. The van der Waals surface area contributed by atoms with E-state index >= 15 is 8.78 Å². The maximum absolute atomic E-state index is 16.3. The highest BCUT2D eigenvalue weighted by Gasteiger charge is 2.63. The quantitative estimate of drug-likeness (QED) is 0.0947. The number of cyclic esters (lactones) is 1. The number of aromatic nitrogens is 2. The fourth-order valence-electron chi connectivity index (χ4n) is 5.31. The van der Waals surface area contributed by atoms with Crippen LogP contribution in [0, 0.1) is 0 Å². The van der Waals surface area contributed by atoms with Gasteiger partial charge in [-0.15, -0.1) is 0 Å². The van der Waals surface area contributed by atoms with Gasteiger partial charge in [0.2, 0.25) is 12.3 Å². The molecule has 16 nitrogen and oxygen atoms in total. The first-order valence-corrected chi connectivity index (χ1v) is 17.9. The number of hydrogen-bond acceptors (Lipinski definition) is 13. The molecule has 1 aromatic heterocycles. The summed E-state index contributed by atoms with van der Waals surface area (Å²) < 4.78 is 83.8. The summed E-state index contributed by atoms with van der Waals surface area (Å²) in [6, 6.07) is 24.7. The molecular formula is C35H33F2N4O12P. The molecule has 0 saturated carbocycles. The van der Waals surface area contributed by atoms with Crippen molar-refractivity contribution in [3.63, 3.8) is 0 Å². The van der Waals surface area contributed by atoms with E-state index in [0.29, 0.717) is 15.7 Å². The molecule has 6 rings (SSSR count). The van der Waals surface area contributed by atoms with Gasteiger partial charge in [0, 0.05) is 12.6 Å². The number of carbonyl (C=O) groups is 3. The zero-order valence-electron chi connectivity index (χ0n) is 28.2. The molecule has 0 bridgehead atoms. The number of anilines is 1. The van der Waals surface area contributed by atoms with Crippen molar-refractivity contribution in [3.8, 4) is 5.75 Å². The second-order valence-corrected chi connectivity index (χ2v) is 13.5. The third-order valence-corrected chi connectivity index (χ3v) is 9.49. The summed E-state index contributed by atoms with van der Waals surface area (Å²) in [5, 5.41) is 4.72. The molecule has 2 N–H and O–H groups in total. The topological polar surface area (TPSA) is 192 Å². The molecule has 1 amide bonds. The summed E-state index contributed by atoms with van der Waals surface area (Å²) in [6.45, 7) is -1.37. The average molecular weight is 771 g/mol. The van der Waals surface area contributed by atoms with Crippen molar-refractivity contribution < 1.29 is 60.5 Å². The lowest BCUT2D eigenvalue weighted by atomic mass is 10.1. The van der Waals surface area contributed by atoms with Crippen LogP contribution in [0.3, 0.4) is 0 Å². The van der Waals surface area contributed by atoms with E-state index in [4.69, 9.17) is 32.7 Å². The van der Waals surface area contributed by atoms with Crippen LogP contribution in [0.15, 0.2) is 108 Å². The van der Waals surface area contributed by atoms with E-state index in [0.717, 1.165) is 12.3 Å². The van der Waals surface area contributed by atoms with Crippen LogP contribution in [0.2, 0.25) is 0 Å². The maximum Gasteiger partial charge on any atom is 0.509 e. The van der Waals surface area contributed by atoms with Crippen LogP contribution in [-0.2, 0) is 50.8 Å². The standard InChI is InChI=1S/C35H33F2N4O12P/c36-35(37)29(52-34(45)49-21-24-12-6-2-7-13-24)27(22-50-54(46,40-26-17-19-47-30(26)42)53-25-14-8-3-9-15-25)51-31(35)41-18-16-28(38-32(41)43)39-33(44)48-20-23-10-4-1-5-11-23/h1-16,18,26-27,29,31H,17,19-22H2,(H,40,46)(H,38,39,43,44)/t26-,27+,29+,31+,54?/m0/s1. The number of esters is 1. The number of nitrogens with one attached hydrogen (secondary N) is 2. The molecular weight excluding hydrogens is 737 g/mol. The molecule has 0 radical (unpaired) electrons. The molecule has 0 aliphatic carbocycles. The molecule has 54 heavy (non-hydrogen) atoms. The van der Waals surface area contributed by atoms with Gasteiger partial charge < -0.3 is 28.2 Å². The molecule has 3 aromatic carbocycles. The second kappa shape index (κ2) is 17.0. The molecule has 0 spiro atoms. The second-order valence-electron chi connectivity index (χ2n) is 11.8. The first-order valence-electron chi connectivity index (χ1n) is 16.4. The molecule has 5 atom stereocenters. The summed E-state index contributed by atoms with van der Waals surface area (Å²) in [5.41, 5.74) is -0.0601. The number of rotatable bonds is 14. The van der Waals surface area contributed by atoms with Gasteiger partial charge in [-0.1, -0.05) is 78.9 Å². The Bertz CT molecular complexity index is 2030. The Morgan fingerprint density at radius 1 is 0.907 bits per heavy atom. The Hall–Kier alpha value is -5.68. The van der Waals surface area contributed by atoms with Gasteiger partial charge in [-0.25, -0.2) is 18.9 Å². The summed E-state index contributed by atoms with van der Waals surface area (Å²) in [7, 11) is -4.56. The lowest BCUT2D eigenvalue weighted by Crippen LogP contribution is -2.45. The lowest BCUT2D eigenvalue weighted by Gasteiger charge is -2.25. The normalized spacial score (nSPS) is 21.3. The number of amides is 1. The van der Waals surface area contributed by atoms with Crippen molar-refractivity contribution in [1.29, 1.82) is 0 Å². The predicted molar refractivity (Wildman–Crippen MR) is 182 cm³/mol. The Kier molecular flexibility index (Phi) is 12.0. The lowest BCUT2D eigenvalue weighted by molar-refractivity contribution is -0.146. The van der Waals surface area contributed by atoms with Crippen LogP contribution in [0.5, 0.6) is 5.75 Å². The first-order chi connectivity index (χ1) is 26.0. The van der Waals surface area contributed by atoms with Crippen LogP contribution in [0.4, 0.5) is 24.2 Å². The van der Waals surface area contributed by atoms with E-state index in [1.54, 1.807) is 78.9 Å². The summed E-state index contributed by atoms with van der Waals surface area (Å²) in [6.07, 6.45) is -8.33.